The van der Waals surface area contributed by atoms with Gasteiger partial charge in [0.1, 0.15) is 16.4 Å². The maximum Gasteiger partial charge on any atom is 0.279 e. The normalized spacial score (nSPS) is 12.7. The zero-order chi connectivity index (χ0) is 20.0. The second-order valence-electron chi connectivity index (χ2n) is 5.85. The number of nitrogens with zero attached hydrogens (tertiary/aromatic N) is 2. The van der Waals surface area contributed by atoms with Gasteiger partial charge >= 0.3 is 0 Å². The number of carbonyl (C=O) groups excluding carboxylic acids is 1. The number of thiazole rings is 1. The molecule has 142 valence electrons. The van der Waals surface area contributed by atoms with Crippen LogP contribution in [0.4, 0.5) is 0 Å². The van der Waals surface area contributed by atoms with E-state index < -0.39 is 5.91 Å². The Bertz CT molecular complexity index is 1310. The van der Waals surface area contributed by atoms with Crippen molar-refractivity contribution in [1.29, 1.82) is 0 Å². The molecule has 0 aliphatic carbocycles. The van der Waals surface area contributed by atoms with Gasteiger partial charge in [-0.2, -0.15) is 0 Å². The Labute approximate surface area is 177 Å². The molecule has 1 aromatic heterocycles. The minimum atomic E-state index is -0.409. The number of hydrogen-bond acceptors (Lipinski definition) is 6. The Morgan fingerprint density at radius 1 is 1.18 bits per heavy atom. The number of methoxy groups -OCH3 is 2. The molecule has 6 nitrogen and oxygen atoms in total. The zero-order valence-corrected chi connectivity index (χ0v) is 17.9. The summed E-state index contributed by atoms with van der Waals surface area (Å²) in [5.41, 5.74) is 0.877. The number of aromatic nitrogens is 1. The predicted octanol–water partition coefficient (Wildman–Crippen LogP) is 3.11. The minimum Gasteiger partial charge on any atom is -0.497 e. The molecular weight excluding hydrogens is 464 g/mol. The van der Waals surface area contributed by atoms with Crippen molar-refractivity contribution in [2.45, 2.75) is 0 Å². The minimum absolute atomic E-state index is 0.134. The van der Waals surface area contributed by atoms with Gasteiger partial charge in [-0.15, -0.1) is 11.3 Å². The number of hydrogen-bond donors (Lipinski definition) is 1. The van der Waals surface area contributed by atoms with E-state index in [4.69, 9.17) is 21.7 Å². The Morgan fingerprint density at radius 3 is 2.68 bits per heavy atom. The largest absolute Gasteiger partial charge is 0.497 e. The van der Waals surface area contributed by atoms with Crippen molar-refractivity contribution in [3.05, 3.63) is 60.3 Å². The summed E-state index contributed by atoms with van der Waals surface area (Å²) in [6.07, 6.45) is 0. The highest BCUT2D eigenvalue weighted by Crippen LogP contribution is 2.38. The van der Waals surface area contributed by atoms with Crippen molar-refractivity contribution < 1.29 is 19.4 Å². The summed E-state index contributed by atoms with van der Waals surface area (Å²) >= 11 is 10.0. The van der Waals surface area contributed by atoms with E-state index in [1.165, 1.54) is 11.7 Å². The number of rotatable bonds is 4. The first-order valence-corrected chi connectivity index (χ1v) is 10.1. The van der Waals surface area contributed by atoms with Crippen molar-refractivity contribution in [2.75, 3.05) is 14.2 Å². The van der Waals surface area contributed by atoms with Crippen molar-refractivity contribution in [3.63, 3.8) is 0 Å². The predicted molar refractivity (Wildman–Crippen MR) is 112 cm³/mol. The first-order valence-electron chi connectivity index (χ1n) is 8.05. The molecular formula is C19H13BrN2O4S2. The van der Waals surface area contributed by atoms with Crippen LogP contribution in [0.25, 0.3) is 11.3 Å². The lowest BCUT2D eigenvalue weighted by atomic mass is 10.1. The summed E-state index contributed by atoms with van der Waals surface area (Å²) in [5.74, 6) is 0.545. The number of fused-ring (bicyclic) bond motifs is 1. The molecule has 0 atom stereocenters. The van der Waals surface area contributed by atoms with Crippen molar-refractivity contribution in [2.24, 2.45) is 4.99 Å². The highest BCUT2D eigenvalue weighted by molar-refractivity contribution is 9.10. The van der Waals surface area contributed by atoms with Crippen molar-refractivity contribution in [1.82, 2.24) is 4.57 Å². The van der Waals surface area contributed by atoms with Crippen LogP contribution in [0.3, 0.4) is 0 Å². The van der Waals surface area contributed by atoms with Crippen molar-refractivity contribution in [3.8, 4) is 23.1 Å². The van der Waals surface area contributed by atoms with E-state index in [-0.39, 0.29) is 5.88 Å². The van der Waals surface area contributed by atoms with E-state index in [1.807, 2.05) is 6.07 Å². The second kappa shape index (κ2) is 7.16. The Hall–Kier alpha value is -2.49. The van der Waals surface area contributed by atoms with Gasteiger partial charge in [-0.1, -0.05) is 15.9 Å². The van der Waals surface area contributed by atoms with Gasteiger partial charge in [0, 0.05) is 15.8 Å². The van der Waals surface area contributed by atoms with E-state index in [0.29, 0.717) is 42.2 Å². The molecule has 0 saturated heterocycles. The SMILES string of the molecule is COc1ccc(-n2c(O)c(C3=c4cc(Br)ccc4=NC3=O)sc2=S)c(OC)c1. The molecule has 1 N–H and O–H groups in total. The third-order valence-corrected chi connectivity index (χ3v) is 6.18. The molecule has 9 heteroatoms. The van der Waals surface area contributed by atoms with Crippen LogP contribution in [-0.4, -0.2) is 29.8 Å². The van der Waals surface area contributed by atoms with Gasteiger partial charge in [0.2, 0.25) is 5.88 Å². The first kappa shape index (κ1) is 18.9. The summed E-state index contributed by atoms with van der Waals surface area (Å²) in [5, 5.41) is 12.2. The molecule has 0 fully saturated rings. The van der Waals surface area contributed by atoms with Crippen LogP contribution in [0.1, 0.15) is 4.88 Å². The van der Waals surface area contributed by atoms with Crippen LogP contribution in [0.2, 0.25) is 0 Å². The lowest BCUT2D eigenvalue weighted by molar-refractivity contribution is -0.112. The molecule has 0 bridgehead atoms. The van der Waals surface area contributed by atoms with Gasteiger partial charge in [0.25, 0.3) is 5.91 Å². The molecule has 0 spiro atoms. The summed E-state index contributed by atoms with van der Waals surface area (Å²) < 4.78 is 13.3. The van der Waals surface area contributed by atoms with Gasteiger partial charge in [0.15, 0.2) is 3.95 Å². The maximum atomic E-state index is 12.6. The first-order chi connectivity index (χ1) is 13.4. The average molecular weight is 477 g/mol. The number of halogens is 1. The number of amides is 1. The summed E-state index contributed by atoms with van der Waals surface area (Å²) in [7, 11) is 3.08. The standard InChI is InChI=1S/C19H13BrN2O4S2/c1-25-10-4-6-13(14(8-10)26-2)22-18(24)16(28-19(22)27)15-11-7-9(20)3-5-12(11)21-17(15)23/h3-8,24H,1-2H3. The van der Waals surface area contributed by atoms with Gasteiger partial charge in [-0.05, 0) is 42.5 Å². The van der Waals surface area contributed by atoms with Gasteiger partial charge in [-0.25, -0.2) is 4.99 Å². The van der Waals surface area contributed by atoms with E-state index in [9.17, 15) is 9.90 Å². The zero-order valence-electron chi connectivity index (χ0n) is 14.7. The molecule has 2 heterocycles. The fourth-order valence-electron chi connectivity index (χ4n) is 3.02. The molecule has 28 heavy (non-hydrogen) atoms. The highest BCUT2D eigenvalue weighted by atomic mass is 79.9. The maximum absolute atomic E-state index is 12.6. The Kier molecular flexibility index (Phi) is 4.82. The number of aromatic hydroxyl groups is 1. The van der Waals surface area contributed by atoms with Gasteiger partial charge in [-0.3, -0.25) is 9.36 Å². The molecule has 0 saturated carbocycles. The lowest BCUT2D eigenvalue weighted by Gasteiger charge is -2.12. The molecule has 4 rings (SSSR count). The number of carbonyl (C=O) groups is 1. The van der Waals surface area contributed by atoms with E-state index in [2.05, 4.69) is 20.9 Å². The fraction of sp³-hybridized carbons (Fsp3) is 0.105. The Balaban J connectivity index is 1.98. The van der Waals surface area contributed by atoms with Gasteiger partial charge < -0.3 is 14.6 Å². The molecule has 0 radical (unpaired) electrons. The molecule has 1 amide bonds. The average Bonchev–Trinajstić information content (AvgIpc) is 3.15. The monoisotopic (exact) mass is 476 g/mol. The summed E-state index contributed by atoms with van der Waals surface area (Å²) in [6.45, 7) is 0. The quantitative estimate of drug-likeness (QED) is 0.585. The Morgan fingerprint density at radius 2 is 1.96 bits per heavy atom. The number of benzene rings is 2. The summed E-state index contributed by atoms with van der Waals surface area (Å²) in [4.78, 5) is 17.0. The topological polar surface area (TPSA) is 73.0 Å². The molecule has 0 unspecified atom stereocenters. The number of ether oxygens (including phenoxy) is 2. The second-order valence-corrected chi connectivity index (χ2v) is 8.41. The molecule has 3 aromatic rings. The van der Waals surface area contributed by atoms with Crippen LogP contribution in [0.15, 0.2) is 45.9 Å². The van der Waals surface area contributed by atoms with Crippen molar-refractivity contribution >= 4 is 51.0 Å². The van der Waals surface area contributed by atoms with Crippen LogP contribution in [-0.2, 0) is 4.79 Å². The van der Waals surface area contributed by atoms with Crippen LogP contribution in [0.5, 0.6) is 17.4 Å². The third-order valence-electron chi connectivity index (χ3n) is 4.31. The summed E-state index contributed by atoms with van der Waals surface area (Å²) in [6, 6.07) is 10.5. The van der Waals surface area contributed by atoms with Crippen LogP contribution >= 0.6 is 39.5 Å². The molecule has 2 aromatic carbocycles. The van der Waals surface area contributed by atoms with Crippen LogP contribution in [0, 0.1) is 3.95 Å². The highest BCUT2D eigenvalue weighted by Gasteiger charge is 2.26. The third kappa shape index (κ3) is 2.95. The smallest absolute Gasteiger partial charge is 0.279 e. The van der Waals surface area contributed by atoms with E-state index in [1.54, 1.807) is 37.4 Å². The van der Waals surface area contributed by atoms with E-state index >= 15 is 0 Å². The lowest BCUT2D eigenvalue weighted by Crippen LogP contribution is -2.22. The molecule has 1 aliphatic rings. The van der Waals surface area contributed by atoms with E-state index in [0.717, 1.165) is 15.8 Å². The molecule has 1 aliphatic heterocycles. The van der Waals surface area contributed by atoms with Gasteiger partial charge in [0.05, 0.1) is 30.8 Å². The van der Waals surface area contributed by atoms with Crippen LogP contribution < -0.4 is 20.0 Å². The fourth-order valence-corrected chi connectivity index (χ4v) is 4.75.